The molecule has 1 fully saturated rings. The molecule has 1 aliphatic rings. The fraction of sp³-hybridized carbons (Fsp3) is 0.222. The summed E-state index contributed by atoms with van der Waals surface area (Å²) >= 11 is 0. The summed E-state index contributed by atoms with van der Waals surface area (Å²) < 4.78 is 31.8. The molecular weight excluding hydrogens is 368 g/mol. The van der Waals surface area contributed by atoms with Gasteiger partial charge in [-0.1, -0.05) is 0 Å². The van der Waals surface area contributed by atoms with Crippen LogP contribution >= 0.6 is 12.4 Å². The fourth-order valence-electron chi connectivity index (χ4n) is 2.68. The topological polar surface area (TPSA) is 66.8 Å². The largest absolute Gasteiger partial charge is 0.481 e. The molecule has 1 atom stereocenters. The highest BCUT2D eigenvalue weighted by Crippen LogP contribution is 2.26. The van der Waals surface area contributed by atoms with Crippen LogP contribution in [0.2, 0.25) is 0 Å². The van der Waals surface area contributed by atoms with Gasteiger partial charge < -0.3 is 14.7 Å². The number of aliphatic carboxylic acids is 1. The van der Waals surface area contributed by atoms with Gasteiger partial charge in [-0.05, 0) is 42.8 Å². The number of carboxylic acid groups (broad SMARTS) is 1. The van der Waals surface area contributed by atoms with Crippen molar-refractivity contribution in [3.05, 3.63) is 59.7 Å². The van der Waals surface area contributed by atoms with Crippen molar-refractivity contribution in [1.82, 2.24) is 4.90 Å². The van der Waals surface area contributed by atoms with E-state index >= 15 is 0 Å². The van der Waals surface area contributed by atoms with Crippen LogP contribution in [0.3, 0.4) is 0 Å². The Kier molecular flexibility index (Phi) is 6.15. The highest BCUT2D eigenvalue weighted by atomic mass is 35.5. The van der Waals surface area contributed by atoms with Gasteiger partial charge >= 0.3 is 5.97 Å². The molecule has 138 valence electrons. The van der Waals surface area contributed by atoms with Crippen molar-refractivity contribution in [3.63, 3.8) is 0 Å². The van der Waals surface area contributed by atoms with Gasteiger partial charge in [-0.2, -0.15) is 0 Å². The highest BCUT2D eigenvalue weighted by Gasteiger charge is 2.31. The summed E-state index contributed by atoms with van der Waals surface area (Å²) in [5.74, 6) is -3.04. The number of benzene rings is 2. The van der Waals surface area contributed by atoms with Crippen LogP contribution in [0.1, 0.15) is 16.8 Å². The summed E-state index contributed by atoms with van der Waals surface area (Å²) in [4.78, 5) is 24.8. The van der Waals surface area contributed by atoms with Crippen molar-refractivity contribution in [3.8, 4) is 11.5 Å². The molecule has 0 radical (unpaired) electrons. The molecule has 8 heteroatoms. The van der Waals surface area contributed by atoms with Crippen LogP contribution in [0.15, 0.2) is 42.5 Å². The van der Waals surface area contributed by atoms with Crippen LogP contribution in [0.25, 0.3) is 0 Å². The molecule has 1 unspecified atom stereocenters. The van der Waals surface area contributed by atoms with Gasteiger partial charge in [-0.3, -0.25) is 9.59 Å². The summed E-state index contributed by atoms with van der Waals surface area (Å²) in [6, 6.07) is 9.03. The van der Waals surface area contributed by atoms with Crippen molar-refractivity contribution < 1.29 is 28.2 Å². The maximum absolute atomic E-state index is 13.6. The molecule has 1 amide bonds. The van der Waals surface area contributed by atoms with Crippen molar-refractivity contribution in [2.75, 3.05) is 13.1 Å². The zero-order valence-electron chi connectivity index (χ0n) is 13.5. The number of likely N-dealkylation sites (tertiary alicyclic amines) is 1. The first kappa shape index (κ1) is 19.7. The average molecular weight is 384 g/mol. The molecule has 26 heavy (non-hydrogen) atoms. The smallest absolute Gasteiger partial charge is 0.308 e. The summed E-state index contributed by atoms with van der Waals surface area (Å²) in [6.45, 7) is 0.585. The first-order valence-electron chi connectivity index (χ1n) is 7.69. The van der Waals surface area contributed by atoms with Gasteiger partial charge in [0.05, 0.1) is 5.92 Å². The van der Waals surface area contributed by atoms with Crippen molar-refractivity contribution in [1.29, 1.82) is 0 Å². The zero-order chi connectivity index (χ0) is 18.0. The summed E-state index contributed by atoms with van der Waals surface area (Å²) in [5.41, 5.74) is 0.387. The predicted molar refractivity (Wildman–Crippen MR) is 91.8 cm³/mol. The Morgan fingerprint density at radius 3 is 2.38 bits per heavy atom. The number of nitrogens with zero attached hydrogens (tertiary/aromatic N) is 1. The van der Waals surface area contributed by atoms with E-state index in [9.17, 15) is 18.4 Å². The molecule has 1 aliphatic heterocycles. The number of amides is 1. The van der Waals surface area contributed by atoms with Gasteiger partial charge in [-0.15, -0.1) is 12.4 Å². The second-order valence-corrected chi connectivity index (χ2v) is 5.78. The van der Waals surface area contributed by atoms with Crippen LogP contribution in [-0.2, 0) is 4.79 Å². The number of carbonyl (C=O) groups is 2. The quantitative estimate of drug-likeness (QED) is 0.873. The summed E-state index contributed by atoms with van der Waals surface area (Å²) in [6.07, 6.45) is 0.437. The van der Waals surface area contributed by atoms with Crippen molar-refractivity contribution in [2.24, 2.45) is 5.92 Å². The predicted octanol–water partition coefficient (Wildman–Crippen LogP) is 3.73. The third-order valence-electron chi connectivity index (χ3n) is 4.05. The number of carboxylic acids is 1. The van der Waals surface area contributed by atoms with E-state index in [-0.39, 0.29) is 30.6 Å². The second-order valence-electron chi connectivity index (χ2n) is 5.78. The minimum Gasteiger partial charge on any atom is -0.481 e. The summed E-state index contributed by atoms with van der Waals surface area (Å²) in [7, 11) is 0. The van der Waals surface area contributed by atoms with Gasteiger partial charge in [0.15, 0.2) is 11.6 Å². The molecule has 0 saturated carbocycles. The van der Waals surface area contributed by atoms with Gasteiger partial charge in [0.25, 0.3) is 5.91 Å². The van der Waals surface area contributed by atoms with Crippen LogP contribution in [0.5, 0.6) is 11.5 Å². The molecule has 0 bridgehead atoms. The Bertz CT molecular complexity index is 813. The van der Waals surface area contributed by atoms with Crippen molar-refractivity contribution in [2.45, 2.75) is 6.42 Å². The maximum Gasteiger partial charge on any atom is 0.308 e. The van der Waals surface area contributed by atoms with E-state index < -0.39 is 23.5 Å². The molecule has 2 aromatic rings. The molecule has 2 aromatic carbocycles. The standard InChI is InChI=1S/C18H15F2NO4.ClH/c19-13-3-6-16(15(20)9-13)25-14-4-1-11(2-5-14)17(22)21-8-7-12(10-21)18(23)24;/h1-6,9,12H,7-8,10H2,(H,23,24);1H. The number of halogens is 3. The van der Waals surface area contributed by atoms with Crippen LogP contribution in [-0.4, -0.2) is 35.0 Å². The minimum absolute atomic E-state index is 0. The lowest BCUT2D eigenvalue weighted by atomic mass is 10.1. The van der Waals surface area contributed by atoms with E-state index in [0.29, 0.717) is 24.3 Å². The molecule has 1 N–H and O–H groups in total. The molecule has 3 rings (SSSR count). The van der Waals surface area contributed by atoms with Gasteiger partial charge in [-0.25, -0.2) is 8.78 Å². The van der Waals surface area contributed by atoms with E-state index in [1.807, 2.05) is 0 Å². The van der Waals surface area contributed by atoms with Crippen LogP contribution in [0, 0.1) is 17.6 Å². The molecule has 1 saturated heterocycles. The van der Waals surface area contributed by atoms with Gasteiger partial charge in [0.2, 0.25) is 0 Å². The second kappa shape index (κ2) is 8.14. The third-order valence-corrected chi connectivity index (χ3v) is 4.05. The monoisotopic (exact) mass is 383 g/mol. The number of carbonyl (C=O) groups excluding carboxylic acids is 1. The number of hydrogen-bond donors (Lipinski definition) is 1. The Labute approximate surface area is 154 Å². The Morgan fingerprint density at radius 1 is 1.12 bits per heavy atom. The highest BCUT2D eigenvalue weighted by molar-refractivity contribution is 5.95. The zero-order valence-corrected chi connectivity index (χ0v) is 14.3. The van der Waals surface area contributed by atoms with Crippen LogP contribution < -0.4 is 4.74 Å². The average Bonchev–Trinajstić information content (AvgIpc) is 3.08. The summed E-state index contributed by atoms with van der Waals surface area (Å²) in [5, 5.41) is 8.99. The van der Waals surface area contributed by atoms with E-state index in [1.54, 1.807) is 0 Å². The van der Waals surface area contributed by atoms with E-state index in [2.05, 4.69) is 0 Å². The third kappa shape index (κ3) is 4.29. The lowest BCUT2D eigenvalue weighted by Gasteiger charge is -2.16. The lowest BCUT2D eigenvalue weighted by molar-refractivity contribution is -0.141. The van der Waals surface area contributed by atoms with E-state index in [0.717, 1.165) is 12.1 Å². The first-order chi connectivity index (χ1) is 11.9. The number of hydrogen-bond acceptors (Lipinski definition) is 3. The fourth-order valence-corrected chi connectivity index (χ4v) is 2.68. The molecular formula is C18H16ClF2NO4. The maximum atomic E-state index is 13.6. The van der Waals surface area contributed by atoms with Gasteiger partial charge in [0.1, 0.15) is 11.6 Å². The lowest BCUT2D eigenvalue weighted by Crippen LogP contribution is -2.29. The minimum atomic E-state index is -0.902. The molecule has 0 aromatic heterocycles. The number of rotatable bonds is 4. The first-order valence-corrected chi connectivity index (χ1v) is 7.69. The van der Waals surface area contributed by atoms with Crippen molar-refractivity contribution >= 4 is 24.3 Å². The van der Waals surface area contributed by atoms with Gasteiger partial charge in [0, 0.05) is 24.7 Å². The van der Waals surface area contributed by atoms with E-state index in [1.165, 1.54) is 35.2 Å². The SMILES string of the molecule is Cl.O=C(O)C1CCN(C(=O)c2ccc(Oc3ccc(F)cc3F)cc2)C1. The number of ether oxygens (including phenoxy) is 1. The van der Waals surface area contributed by atoms with E-state index in [4.69, 9.17) is 9.84 Å². The Hall–Kier alpha value is -2.67. The molecule has 5 nitrogen and oxygen atoms in total. The normalized spacial score (nSPS) is 16.1. The molecule has 1 heterocycles. The Morgan fingerprint density at radius 2 is 1.81 bits per heavy atom. The molecule has 0 spiro atoms. The van der Waals surface area contributed by atoms with Crippen LogP contribution in [0.4, 0.5) is 8.78 Å². The molecule has 0 aliphatic carbocycles. The Balaban J connectivity index is 0.00000243.